The van der Waals surface area contributed by atoms with Crippen LogP contribution in [0.15, 0.2) is 60.8 Å². The number of cyclic esters (lactones) is 1. The van der Waals surface area contributed by atoms with Gasteiger partial charge in [0.25, 0.3) is 0 Å². The summed E-state index contributed by atoms with van der Waals surface area (Å²) in [5, 5.41) is 0. The molecular formula is C26H24N4O4. The number of esters is 1. The van der Waals surface area contributed by atoms with E-state index in [-0.39, 0.29) is 18.0 Å². The van der Waals surface area contributed by atoms with Crippen molar-refractivity contribution < 1.29 is 19.1 Å². The number of amides is 1. The van der Waals surface area contributed by atoms with E-state index in [0.717, 1.165) is 27.9 Å². The number of ether oxygens (including phenoxy) is 2. The average Bonchev–Trinajstić information content (AvgIpc) is 3.46. The maximum atomic E-state index is 12.0. The minimum absolute atomic E-state index is 0.0340. The van der Waals surface area contributed by atoms with Crippen LogP contribution in [0.3, 0.4) is 0 Å². The minimum atomic E-state index is -0.384. The number of fused-ring (bicyclic) bond motifs is 1. The predicted octanol–water partition coefficient (Wildman–Crippen LogP) is 4.43. The van der Waals surface area contributed by atoms with Crippen LogP contribution < -0.4 is 4.74 Å². The number of likely N-dealkylation sites (N-methyl/N-ethyl adjacent to an activating group) is 1. The highest BCUT2D eigenvalue weighted by Gasteiger charge is 2.28. The Labute approximate surface area is 196 Å². The first-order chi connectivity index (χ1) is 16.5. The molecule has 3 heterocycles. The molecule has 0 saturated carbocycles. The van der Waals surface area contributed by atoms with Crippen LogP contribution in [0.25, 0.3) is 22.6 Å². The Hall–Kier alpha value is -4.20. The number of benzene rings is 2. The summed E-state index contributed by atoms with van der Waals surface area (Å²) in [6, 6.07) is 16.8. The van der Waals surface area contributed by atoms with Crippen LogP contribution in [0.1, 0.15) is 30.1 Å². The number of nitrogens with one attached hydrogen (secondary N) is 1. The third-order valence-corrected chi connectivity index (χ3v) is 5.76. The number of hydrogen-bond acceptors (Lipinski definition) is 6. The molecule has 0 aliphatic carbocycles. The quantitative estimate of drug-likeness (QED) is 0.431. The molecule has 2 aromatic heterocycles. The van der Waals surface area contributed by atoms with Gasteiger partial charge in [0.1, 0.15) is 23.3 Å². The van der Waals surface area contributed by atoms with Gasteiger partial charge in [0.2, 0.25) is 5.91 Å². The van der Waals surface area contributed by atoms with E-state index in [9.17, 15) is 9.59 Å². The minimum Gasteiger partial charge on any atom is -0.457 e. The van der Waals surface area contributed by atoms with Crippen LogP contribution in [-0.2, 0) is 20.7 Å². The smallest absolute Gasteiger partial charge is 0.306 e. The largest absolute Gasteiger partial charge is 0.457 e. The number of carbonyl (C=O) groups is 2. The second kappa shape index (κ2) is 8.97. The lowest BCUT2D eigenvalue weighted by molar-refractivity contribution is -0.141. The van der Waals surface area contributed by atoms with E-state index in [0.29, 0.717) is 36.6 Å². The van der Waals surface area contributed by atoms with Crippen molar-refractivity contribution in [2.75, 3.05) is 14.1 Å². The maximum absolute atomic E-state index is 12.0. The molecule has 1 aliphatic rings. The van der Waals surface area contributed by atoms with Gasteiger partial charge < -0.3 is 19.4 Å². The standard InChI is InChI=1S/C26H24N4O4/c1-30(2)24(31)13-16-6-8-17(9-7-16)33-23-15-21-20(14-18(23)22-10-11-25(32)34-22)28-26(29-21)19-5-3-4-12-27-19/h3-9,12,14-15,22H,10-11,13H2,1-2H3,(H,28,29). The van der Waals surface area contributed by atoms with Gasteiger partial charge in [0, 0.05) is 38.3 Å². The zero-order chi connectivity index (χ0) is 23.7. The summed E-state index contributed by atoms with van der Waals surface area (Å²) in [6.07, 6.45) is 2.62. The Balaban J connectivity index is 1.48. The normalized spacial score (nSPS) is 15.4. The first-order valence-electron chi connectivity index (χ1n) is 11.1. The molecule has 1 atom stereocenters. The van der Waals surface area contributed by atoms with Crippen molar-refractivity contribution in [1.29, 1.82) is 0 Å². The van der Waals surface area contributed by atoms with E-state index in [4.69, 9.17) is 9.47 Å². The Kier molecular flexibility index (Phi) is 5.71. The molecule has 1 N–H and O–H groups in total. The summed E-state index contributed by atoms with van der Waals surface area (Å²) in [4.78, 5) is 37.7. The highest BCUT2D eigenvalue weighted by atomic mass is 16.6. The molecule has 5 rings (SSSR count). The van der Waals surface area contributed by atoms with Crippen molar-refractivity contribution in [3.63, 3.8) is 0 Å². The third kappa shape index (κ3) is 4.47. The monoisotopic (exact) mass is 456 g/mol. The molecule has 8 heteroatoms. The first-order valence-corrected chi connectivity index (χ1v) is 11.1. The Morgan fingerprint density at radius 2 is 2.00 bits per heavy atom. The number of H-pyrrole nitrogens is 1. The molecule has 2 aromatic carbocycles. The van der Waals surface area contributed by atoms with Crippen LogP contribution in [0.4, 0.5) is 0 Å². The summed E-state index contributed by atoms with van der Waals surface area (Å²) in [5.74, 6) is 1.66. The summed E-state index contributed by atoms with van der Waals surface area (Å²) in [6.45, 7) is 0. The fraction of sp³-hybridized carbons (Fsp3) is 0.231. The molecule has 1 fully saturated rings. The predicted molar refractivity (Wildman–Crippen MR) is 126 cm³/mol. The van der Waals surface area contributed by atoms with Gasteiger partial charge in [-0.3, -0.25) is 14.6 Å². The number of aromatic nitrogens is 3. The lowest BCUT2D eigenvalue weighted by Crippen LogP contribution is -2.23. The number of imidazole rings is 1. The van der Waals surface area contributed by atoms with E-state index < -0.39 is 0 Å². The van der Waals surface area contributed by atoms with E-state index >= 15 is 0 Å². The number of rotatable bonds is 6. The number of aromatic amines is 1. The lowest BCUT2D eigenvalue weighted by atomic mass is 10.0. The molecule has 1 aliphatic heterocycles. The lowest BCUT2D eigenvalue weighted by Gasteiger charge is -2.16. The van der Waals surface area contributed by atoms with Crippen molar-refractivity contribution in [1.82, 2.24) is 19.9 Å². The highest BCUT2D eigenvalue weighted by molar-refractivity contribution is 5.82. The van der Waals surface area contributed by atoms with Gasteiger partial charge in [-0.05, 0) is 42.3 Å². The van der Waals surface area contributed by atoms with Gasteiger partial charge in [0.15, 0.2) is 5.82 Å². The van der Waals surface area contributed by atoms with E-state index in [1.165, 1.54) is 0 Å². The molecule has 4 aromatic rings. The van der Waals surface area contributed by atoms with Gasteiger partial charge in [-0.15, -0.1) is 0 Å². The van der Waals surface area contributed by atoms with Crippen LogP contribution in [0.2, 0.25) is 0 Å². The average molecular weight is 457 g/mol. The molecule has 1 amide bonds. The molecule has 1 saturated heterocycles. The van der Waals surface area contributed by atoms with E-state index in [1.807, 2.05) is 54.6 Å². The van der Waals surface area contributed by atoms with E-state index in [1.54, 1.807) is 25.2 Å². The van der Waals surface area contributed by atoms with E-state index in [2.05, 4.69) is 15.0 Å². The van der Waals surface area contributed by atoms with Gasteiger partial charge in [-0.2, -0.15) is 0 Å². The van der Waals surface area contributed by atoms with Crippen LogP contribution in [0.5, 0.6) is 11.5 Å². The number of nitrogens with zero attached hydrogens (tertiary/aromatic N) is 3. The highest BCUT2D eigenvalue weighted by Crippen LogP contribution is 2.39. The van der Waals surface area contributed by atoms with Crippen molar-refractivity contribution >= 4 is 22.9 Å². The second-order valence-electron chi connectivity index (χ2n) is 8.44. The molecule has 172 valence electrons. The van der Waals surface area contributed by atoms with Crippen molar-refractivity contribution in [3.05, 3.63) is 71.9 Å². The third-order valence-electron chi connectivity index (χ3n) is 5.76. The fourth-order valence-corrected chi connectivity index (χ4v) is 3.90. The van der Waals surface area contributed by atoms with Crippen LogP contribution >= 0.6 is 0 Å². The number of carbonyl (C=O) groups excluding carboxylic acids is 2. The molecule has 0 spiro atoms. The Morgan fingerprint density at radius 1 is 1.18 bits per heavy atom. The van der Waals surface area contributed by atoms with Gasteiger partial charge in [-0.1, -0.05) is 18.2 Å². The number of pyridine rings is 1. The summed E-state index contributed by atoms with van der Waals surface area (Å²) in [7, 11) is 3.48. The Bertz CT molecular complexity index is 1350. The van der Waals surface area contributed by atoms with Crippen molar-refractivity contribution in [3.8, 4) is 23.0 Å². The van der Waals surface area contributed by atoms with Crippen molar-refractivity contribution in [2.24, 2.45) is 0 Å². The zero-order valence-corrected chi connectivity index (χ0v) is 18.9. The molecule has 0 bridgehead atoms. The fourth-order valence-electron chi connectivity index (χ4n) is 3.90. The molecule has 0 radical (unpaired) electrons. The summed E-state index contributed by atoms with van der Waals surface area (Å²) >= 11 is 0. The second-order valence-corrected chi connectivity index (χ2v) is 8.44. The Morgan fingerprint density at radius 3 is 2.68 bits per heavy atom. The van der Waals surface area contributed by atoms with Crippen LogP contribution in [0, 0.1) is 0 Å². The van der Waals surface area contributed by atoms with Crippen LogP contribution in [-0.4, -0.2) is 45.8 Å². The van der Waals surface area contributed by atoms with Gasteiger partial charge >= 0.3 is 5.97 Å². The maximum Gasteiger partial charge on any atom is 0.306 e. The van der Waals surface area contributed by atoms with Crippen molar-refractivity contribution in [2.45, 2.75) is 25.4 Å². The summed E-state index contributed by atoms with van der Waals surface area (Å²) in [5.41, 5.74) is 3.94. The topological polar surface area (TPSA) is 97.4 Å². The van der Waals surface area contributed by atoms with Gasteiger partial charge in [0.05, 0.1) is 17.5 Å². The molecule has 34 heavy (non-hydrogen) atoms. The molecule has 1 unspecified atom stereocenters. The summed E-state index contributed by atoms with van der Waals surface area (Å²) < 4.78 is 11.8. The SMILES string of the molecule is CN(C)C(=O)Cc1ccc(Oc2cc3nc(-c4ccccn4)[nH]c3cc2C2CCC(=O)O2)cc1. The molecule has 8 nitrogen and oxygen atoms in total. The van der Waals surface area contributed by atoms with Gasteiger partial charge in [-0.25, -0.2) is 4.98 Å². The zero-order valence-electron chi connectivity index (χ0n) is 18.9. The molecular weight excluding hydrogens is 432 g/mol. The number of hydrogen-bond donors (Lipinski definition) is 1. The first kappa shape index (κ1) is 21.6.